The van der Waals surface area contributed by atoms with E-state index >= 15 is 0 Å². The normalized spacial score (nSPS) is 15.4. The summed E-state index contributed by atoms with van der Waals surface area (Å²) >= 11 is 1.68. The smallest absolute Gasteiger partial charge is 0.222 e. The largest absolute Gasteiger partial charge is 0.493 e. The molecule has 1 amide bonds. The molecule has 2 heterocycles. The van der Waals surface area contributed by atoms with E-state index in [2.05, 4.69) is 15.1 Å². The van der Waals surface area contributed by atoms with Crippen LogP contribution in [0.4, 0.5) is 5.13 Å². The number of nitrogens with zero attached hydrogens (tertiary/aromatic N) is 3. The summed E-state index contributed by atoms with van der Waals surface area (Å²) in [4.78, 5) is 21.2. The number of fused-ring (bicyclic) bond motifs is 1. The minimum absolute atomic E-state index is 0.0384. The third-order valence-electron chi connectivity index (χ3n) is 4.79. The molecule has 8 heteroatoms. The molecule has 7 nitrogen and oxygen atoms in total. The second-order valence-electron chi connectivity index (χ2n) is 6.92. The van der Waals surface area contributed by atoms with E-state index in [1.165, 1.54) is 0 Å². The summed E-state index contributed by atoms with van der Waals surface area (Å²) in [5.41, 5.74) is 0.857. The Labute approximate surface area is 164 Å². The number of benzene rings is 1. The zero-order valence-corrected chi connectivity index (χ0v) is 17.3. The Hall–Kier alpha value is -2.06. The van der Waals surface area contributed by atoms with Gasteiger partial charge >= 0.3 is 0 Å². The highest BCUT2D eigenvalue weighted by Gasteiger charge is 2.21. The van der Waals surface area contributed by atoms with E-state index in [1.54, 1.807) is 25.6 Å². The van der Waals surface area contributed by atoms with E-state index in [0.29, 0.717) is 18.0 Å². The third-order valence-corrected chi connectivity index (χ3v) is 5.87. The maximum Gasteiger partial charge on any atom is 0.222 e. The molecular formula is C19H28N4O3S. The number of hydrogen-bond donors (Lipinski definition) is 1. The van der Waals surface area contributed by atoms with Gasteiger partial charge in [-0.25, -0.2) is 4.98 Å². The van der Waals surface area contributed by atoms with Crippen molar-refractivity contribution in [2.24, 2.45) is 5.92 Å². The predicted molar refractivity (Wildman–Crippen MR) is 109 cm³/mol. The van der Waals surface area contributed by atoms with Crippen LogP contribution in [-0.4, -0.2) is 69.3 Å². The van der Waals surface area contributed by atoms with Crippen LogP contribution in [0.2, 0.25) is 0 Å². The number of aromatic nitrogens is 1. The van der Waals surface area contributed by atoms with Crippen molar-refractivity contribution in [3.05, 3.63) is 12.1 Å². The van der Waals surface area contributed by atoms with Gasteiger partial charge in [0.05, 0.1) is 18.9 Å². The lowest BCUT2D eigenvalue weighted by molar-refractivity contribution is -0.124. The number of nitrogens with one attached hydrogen (secondary N) is 1. The van der Waals surface area contributed by atoms with Crippen molar-refractivity contribution in [3.63, 3.8) is 0 Å². The van der Waals surface area contributed by atoms with E-state index in [4.69, 9.17) is 14.5 Å². The number of carbonyl (C=O) groups excluding carboxylic acids is 1. The monoisotopic (exact) mass is 392 g/mol. The molecule has 0 unspecified atom stereocenters. The van der Waals surface area contributed by atoms with Crippen LogP contribution < -0.4 is 19.7 Å². The molecule has 1 N–H and O–H groups in total. The molecule has 27 heavy (non-hydrogen) atoms. The Morgan fingerprint density at radius 1 is 1.22 bits per heavy atom. The van der Waals surface area contributed by atoms with Crippen molar-refractivity contribution in [2.75, 3.05) is 58.4 Å². The van der Waals surface area contributed by atoms with Crippen molar-refractivity contribution in [3.8, 4) is 11.5 Å². The maximum absolute atomic E-state index is 11.6. The first kappa shape index (κ1) is 19.7. The molecule has 1 saturated heterocycles. The zero-order chi connectivity index (χ0) is 19.4. The van der Waals surface area contributed by atoms with Gasteiger partial charge in [-0.2, -0.15) is 0 Å². The third kappa shape index (κ3) is 4.44. The van der Waals surface area contributed by atoms with Crippen molar-refractivity contribution in [1.29, 1.82) is 0 Å². The number of anilines is 1. The van der Waals surface area contributed by atoms with Gasteiger partial charge < -0.3 is 19.7 Å². The predicted octanol–water partition coefficient (Wildman–Crippen LogP) is 2.21. The standard InChI is InChI=1S/C19H28N4O3S/c1-13(2)18(24)20-7-8-22-9-11-23(12-10-22)19-21-16-15(27-19)6-5-14(25-3)17(16)26-4/h5-6,13H,7-12H2,1-4H3,(H,20,24). The molecule has 0 saturated carbocycles. The Balaban J connectivity index is 1.59. The molecular weight excluding hydrogens is 364 g/mol. The van der Waals surface area contributed by atoms with Gasteiger partial charge in [0.1, 0.15) is 5.52 Å². The van der Waals surface area contributed by atoms with Gasteiger partial charge in [-0.05, 0) is 12.1 Å². The fourth-order valence-corrected chi connectivity index (χ4v) is 4.15. The molecule has 1 fully saturated rings. The minimum atomic E-state index is 0.0384. The highest BCUT2D eigenvalue weighted by atomic mass is 32.1. The fourth-order valence-electron chi connectivity index (χ4n) is 3.14. The summed E-state index contributed by atoms with van der Waals surface area (Å²) in [6.07, 6.45) is 0. The van der Waals surface area contributed by atoms with Gasteiger partial charge in [-0.1, -0.05) is 25.2 Å². The van der Waals surface area contributed by atoms with Gasteiger partial charge in [0.25, 0.3) is 0 Å². The molecule has 0 spiro atoms. The molecule has 0 aliphatic carbocycles. The quantitative estimate of drug-likeness (QED) is 0.779. The minimum Gasteiger partial charge on any atom is -0.493 e. The fraction of sp³-hybridized carbons (Fsp3) is 0.579. The summed E-state index contributed by atoms with van der Waals surface area (Å²) < 4.78 is 12.0. The number of hydrogen-bond acceptors (Lipinski definition) is 7. The average Bonchev–Trinajstić information content (AvgIpc) is 3.11. The summed E-state index contributed by atoms with van der Waals surface area (Å²) in [5.74, 6) is 1.55. The van der Waals surface area contributed by atoms with Crippen LogP contribution >= 0.6 is 11.3 Å². The highest BCUT2D eigenvalue weighted by molar-refractivity contribution is 7.22. The molecule has 1 aliphatic heterocycles. The van der Waals surface area contributed by atoms with Crippen molar-refractivity contribution < 1.29 is 14.3 Å². The van der Waals surface area contributed by atoms with E-state index in [0.717, 1.165) is 48.1 Å². The van der Waals surface area contributed by atoms with Crippen LogP contribution in [0.1, 0.15) is 13.8 Å². The van der Waals surface area contributed by atoms with E-state index < -0.39 is 0 Å². The number of methoxy groups -OCH3 is 2. The van der Waals surface area contributed by atoms with Gasteiger partial charge in [0.2, 0.25) is 5.91 Å². The number of rotatable bonds is 7. The van der Waals surface area contributed by atoms with E-state index in [1.807, 2.05) is 26.0 Å². The molecule has 2 aromatic rings. The van der Waals surface area contributed by atoms with E-state index in [-0.39, 0.29) is 11.8 Å². The van der Waals surface area contributed by atoms with E-state index in [9.17, 15) is 4.79 Å². The molecule has 0 atom stereocenters. The summed E-state index contributed by atoms with van der Waals surface area (Å²) in [7, 11) is 3.28. The summed E-state index contributed by atoms with van der Waals surface area (Å²) in [6, 6.07) is 3.96. The topological polar surface area (TPSA) is 66.9 Å². The van der Waals surface area contributed by atoms with Crippen molar-refractivity contribution in [1.82, 2.24) is 15.2 Å². The highest BCUT2D eigenvalue weighted by Crippen LogP contribution is 2.39. The first-order valence-corrected chi connectivity index (χ1v) is 10.1. The van der Waals surface area contributed by atoms with Crippen LogP contribution in [0.3, 0.4) is 0 Å². The molecule has 1 aliphatic rings. The summed E-state index contributed by atoms with van der Waals surface area (Å²) in [5, 5.41) is 4.00. The first-order chi connectivity index (χ1) is 13.0. The lowest BCUT2D eigenvalue weighted by atomic mass is 10.2. The zero-order valence-electron chi connectivity index (χ0n) is 16.4. The van der Waals surface area contributed by atoms with Crippen LogP contribution in [0, 0.1) is 5.92 Å². The van der Waals surface area contributed by atoms with Crippen molar-refractivity contribution >= 4 is 32.6 Å². The molecule has 3 rings (SSSR count). The number of ether oxygens (including phenoxy) is 2. The molecule has 1 aromatic heterocycles. The van der Waals surface area contributed by atoms with Crippen molar-refractivity contribution in [2.45, 2.75) is 13.8 Å². The lowest BCUT2D eigenvalue weighted by Gasteiger charge is -2.34. The average molecular weight is 393 g/mol. The Kier molecular flexibility index (Phi) is 6.38. The Bertz CT molecular complexity index is 785. The van der Waals surface area contributed by atoms with Crippen LogP contribution in [-0.2, 0) is 4.79 Å². The molecule has 148 valence electrons. The molecule has 1 aromatic carbocycles. The Morgan fingerprint density at radius 2 is 1.96 bits per heavy atom. The van der Waals surface area contributed by atoms with Crippen LogP contribution in [0.15, 0.2) is 12.1 Å². The first-order valence-electron chi connectivity index (χ1n) is 9.30. The number of carbonyl (C=O) groups is 1. The summed E-state index contributed by atoms with van der Waals surface area (Å²) in [6.45, 7) is 9.20. The second kappa shape index (κ2) is 8.75. The van der Waals surface area contributed by atoms with Gasteiger partial charge in [0.15, 0.2) is 16.6 Å². The van der Waals surface area contributed by atoms with Gasteiger partial charge in [-0.3, -0.25) is 9.69 Å². The maximum atomic E-state index is 11.6. The number of amides is 1. The lowest BCUT2D eigenvalue weighted by Crippen LogP contribution is -2.48. The second-order valence-corrected chi connectivity index (χ2v) is 7.93. The van der Waals surface area contributed by atoms with Crippen LogP contribution in [0.5, 0.6) is 11.5 Å². The molecule has 0 bridgehead atoms. The van der Waals surface area contributed by atoms with Crippen LogP contribution in [0.25, 0.3) is 10.2 Å². The SMILES string of the molecule is COc1ccc2sc(N3CCN(CCNC(=O)C(C)C)CC3)nc2c1OC. The number of thiazole rings is 1. The van der Waals surface area contributed by atoms with Gasteiger partial charge in [0, 0.05) is 45.2 Å². The Morgan fingerprint density at radius 3 is 2.59 bits per heavy atom. The number of piperazine rings is 1. The molecule has 0 radical (unpaired) electrons. The van der Waals surface area contributed by atoms with Gasteiger partial charge in [-0.15, -0.1) is 0 Å².